The quantitative estimate of drug-likeness (QED) is 0.482. The summed E-state index contributed by atoms with van der Waals surface area (Å²) in [7, 11) is 0. The van der Waals surface area contributed by atoms with Crippen molar-refractivity contribution in [1.82, 2.24) is 0 Å². The molecule has 5 heteroatoms. The number of carbonyl (C=O) groups is 2. The van der Waals surface area contributed by atoms with Crippen molar-refractivity contribution in [2.24, 2.45) is 0 Å². The number of carbonyl (C=O) groups excluding carboxylic acids is 2. The summed E-state index contributed by atoms with van der Waals surface area (Å²) in [6.45, 7) is 1.69. The number of phenolic OH excluding ortho intramolecular Hbond substituents is 3. The Morgan fingerprint density at radius 3 is 2.29 bits per heavy atom. The minimum absolute atomic E-state index is 0.0427. The van der Waals surface area contributed by atoms with E-state index in [1.54, 1.807) is 6.92 Å². The van der Waals surface area contributed by atoms with Crippen LogP contribution in [0.15, 0.2) is 18.2 Å². The number of benzene rings is 2. The van der Waals surface area contributed by atoms with Crippen LogP contribution in [0.4, 0.5) is 0 Å². The van der Waals surface area contributed by atoms with E-state index < -0.39 is 17.3 Å². The number of hydrogen-bond donors (Lipinski definition) is 3. The van der Waals surface area contributed by atoms with Crippen LogP contribution < -0.4 is 0 Å². The third-order valence-electron chi connectivity index (χ3n) is 4.57. The lowest BCUT2D eigenvalue weighted by Gasteiger charge is -2.20. The Bertz CT molecular complexity index is 1110. The number of phenols is 3. The lowest BCUT2D eigenvalue weighted by atomic mass is 9.81. The fourth-order valence-corrected chi connectivity index (χ4v) is 3.23. The Hall–Kier alpha value is -3.70. The van der Waals surface area contributed by atoms with Crippen molar-refractivity contribution in [3.8, 4) is 41.4 Å². The standard InChI is InChI=1S/C23H18O5/c1-3-4-5-6-7-8-9-14-17(24)12-16-20(22(14)27)23(28)19-15(21(16)26)10-13(2)11-18(19)25/h1,10-12,24-25,27H,4-7H2,2H3. The van der Waals surface area contributed by atoms with Crippen LogP contribution in [0.1, 0.15) is 68.7 Å². The van der Waals surface area contributed by atoms with Gasteiger partial charge in [-0.05, 0) is 43.5 Å². The van der Waals surface area contributed by atoms with Gasteiger partial charge >= 0.3 is 0 Å². The number of ketones is 2. The van der Waals surface area contributed by atoms with Crippen molar-refractivity contribution in [2.75, 3.05) is 0 Å². The molecule has 0 unspecified atom stereocenters. The molecule has 0 radical (unpaired) electrons. The molecular weight excluding hydrogens is 356 g/mol. The lowest BCUT2D eigenvalue weighted by Crippen LogP contribution is -2.21. The Kier molecular flexibility index (Phi) is 5.11. The second-order valence-electron chi connectivity index (χ2n) is 6.62. The molecule has 0 saturated carbocycles. The van der Waals surface area contributed by atoms with E-state index in [1.807, 2.05) is 0 Å². The molecule has 0 aliphatic heterocycles. The SMILES string of the molecule is C#CCCCCC#Cc1c(O)cc2c(c1O)C(=O)c1c(O)cc(C)cc1C2=O. The summed E-state index contributed by atoms with van der Waals surface area (Å²) in [5.74, 6) is 5.52. The van der Waals surface area contributed by atoms with Gasteiger partial charge in [-0.25, -0.2) is 0 Å². The maximum absolute atomic E-state index is 12.9. The summed E-state index contributed by atoms with van der Waals surface area (Å²) >= 11 is 0. The molecular formula is C23H18O5. The van der Waals surface area contributed by atoms with Crippen LogP contribution in [0.3, 0.4) is 0 Å². The summed E-state index contributed by atoms with van der Waals surface area (Å²) in [5, 5.41) is 31.0. The first-order valence-electron chi connectivity index (χ1n) is 8.81. The average Bonchev–Trinajstić information content (AvgIpc) is 2.63. The number of terminal acetylenes is 1. The van der Waals surface area contributed by atoms with Crippen LogP contribution in [0.25, 0.3) is 0 Å². The normalized spacial score (nSPS) is 11.9. The monoisotopic (exact) mass is 374 g/mol. The van der Waals surface area contributed by atoms with Gasteiger partial charge in [-0.3, -0.25) is 9.59 Å². The molecule has 0 amide bonds. The topological polar surface area (TPSA) is 94.8 Å². The minimum atomic E-state index is -0.684. The van der Waals surface area contributed by atoms with E-state index in [0.717, 1.165) is 18.9 Å². The number of rotatable bonds is 3. The van der Waals surface area contributed by atoms with Crippen molar-refractivity contribution in [3.05, 3.63) is 51.6 Å². The molecule has 0 bridgehead atoms. The molecule has 1 aliphatic rings. The highest BCUT2D eigenvalue weighted by molar-refractivity contribution is 6.30. The molecule has 1 aliphatic carbocycles. The van der Waals surface area contributed by atoms with Crippen LogP contribution in [0, 0.1) is 31.1 Å². The Morgan fingerprint density at radius 1 is 0.893 bits per heavy atom. The summed E-state index contributed by atoms with van der Waals surface area (Å²) in [6, 6.07) is 4.01. The van der Waals surface area contributed by atoms with Gasteiger partial charge in [0.2, 0.25) is 5.78 Å². The number of unbranched alkanes of at least 4 members (excludes halogenated alkanes) is 3. The Balaban J connectivity index is 2.06. The molecule has 2 aromatic rings. The molecule has 0 fully saturated rings. The molecule has 0 atom stereocenters. The molecule has 140 valence electrons. The van der Waals surface area contributed by atoms with Crippen LogP contribution in [-0.4, -0.2) is 26.9 Å². The van der Waals surface area contributed by atoms with Crippen molar-refractivity contribution < 1.29 is 24.9 Å². The fraction of sp³-hybridized carbons (Fsp3) is 0.217. The van der Waals surface area contributed by atoms with Gasteiger partial charge in [-0.2, -0.15) is 0 Å². The largest absolute Gasteiger partial charge is 0.507 e. The van der Waals surface area contributed by atoms with Gasteiger partial charge in [-0.15, -0.1) is 12.3 Å². The van der Waals surface area contributed by atoms with Gasteiger partial charge in [0, 0.05) is 24.0 Å². The zero-order valence-corrected chi connectivity index (χ0v) is 15.3. The Labute approximate surface area is 162 Å². The molecule has 5 nitrogen and oxygen atoms in total. The van der Waals surface area contributed by atoms with E-state index in [9.17, 15) is 24.9 Å². The van der Waals surface area contributed by atoms with Gasteiger partial charge in [0.05, 0.1) is 11.1 Å². The summed E-state index contributed by atoms with van der Waals surface area (Å²) in [4.78, 5) is 25.7. The van der Waals surface area contributed by atoms with Gasteiger partial charge in [0.1, 0.15) is 22.8 Å². The first-order valence-corrected chi connectivity index (χ1v) is 8.81. The summed E-state index contributed by atoms with van der Waals surface area (Å²) in [6.07, 6.45) is 7.92. The third-order valence-corrected chi connectivity index (χ3v) is 4.57. The number of aromatic hydroxyl groups is 3. The van der Waals surface area contributed by atoms with Crippen LogP contribution >= 0.6 is 0 Å². The average molecular weight is 374 g/mol. The summed E-state index contributed by atoms with van der Waals surface area (Å²) in [5.41, 5.74) is 0.00936. The van der Waals surface area contributed by atoms with Crippen LogP contribution in [0.2, 0.25) is 0 Å². The lowest BCUT2D eigenvalue weighted by molar-refractivity contribution is 0.0974. The van der Waals surface area contributed by atoms with E-state index >= 15 is 0 Å². The zero-order chi connectivity index (χ0) is 20.4. The molecule has 0 saturated heterocycles. The minimum Gasteiger partial charge on any atom is -0.507 e. The third kappa shape index (κ3) is 3.19. The number of hydrogen-bond acceptors (Lipinski definition) is 5. The number of aryl methyl sites for hydroxylation is 1. The maximum Gasteiger partial charge on any atom is 0.202 e. The fourth-order valence-electron chi connectivity index (χ4n) is 3.23. The van der Waals surface area contributed by atoms with E-state index in [4.69, 9.17) is 6.42 Å². The van der Waals surface area contributed by atoms with Crippen LogP contribution in [0.5, 0.6) is 17.2 Å². The van der Waals surface area contributed by atoms with Crippen LogP contribution in [-0.2, 0) is 0 Å². The molecule has 28 heavy (non-hydrogen) atoms. The van der Waals surface area contributed by atoms with E-state index in [2.05, 4.69) is 17.8 Å². The molecule has 3 rings (SSSR count). The van der Waals surface area contributed by atoms with E-state index in [-0.39, 0.29) is 39.3 Å². The van der Waals surface area contributed by atoms with Gasteiger partial charge in [-0.1, -0.05) is 11.8 Å². The van der Waals surface area contributed by atoms with E-state index in [0.29, 0.717) is 18.4 Å². The van der Waals surface area contributed by atoms with Crippen molar-refractivity contribution >= 4 is 11.6 Å². The second kappa shape index (κ2) is 7.50. The first-order chi connectivity index (χ1) is 13.4. The van der Waals surface area contributed by atoms with Gasteiger partial charge in [0.25, 0.3) is 0 Å². The predicted octanol–water partition coefficient (Wildman–Crippen LogP) is 3.43. The highest BCUT2D eigenvalue weighted by Crippen LogP contribution is 2.41. The smallest absolute Gasteiger partial charge is 0.202 e. The molecule has 3 N–H and O–H groups in total. The predicted molar refractivity (Wildman–Crippen MR) is 104 cm³/mol. The highest BCUT2D eigenvalue weighted by Gasteiger charge is 2.36. The highest BCUT2D eigenvalue weighted by atomic mass is 16.3. The molecule has 0 spiro atoms. The Morgan fingerprint density at radius 2 is 1.57 bits per heavy atom. The van der Waals surface area contributed by atoms with E-state index in [1.165, 1.54) is 12.1 Å². The number of fused-ring (bicyclic) bond motifs is 2. The van der Waals surface area contributed by atoms with Gasteiger partial charge in [0.15, 0.2) is 5.78 Å². The van der Waals surface area contributed by atoms with Crippen molar-refractivity contribution in [1.29, 1.82) is 0 Å². The zero-order valence-electron chi connectivity index (χ0n) is 15.3. The van der Waals surface area contributed by atoms with Crippen molar-refractivity contribution in [3.63, 3.8) is 0 Å². The molecule has 0 heterocycles. The van der Waals surface area contributed by atoms with Crippen molar-refractivity contribution in [2.45, 2.75) is 32.6 Å². The summed E-state index contributed by atoms with van der Waals surface area (Å²) < 4.78 is 0. The second-order valence-corrected chi connectivity index (χ2v) is 6.62. The molecule has 2 aromatic carbocycles. The van der Waals surface area contributed by atoms with Gasteiger partial charge < -0.3 is 15.3 Å². The maximum atomic E-state index is 12.9. The first kappa shape index (κ1) is 19.1. The molecule has 0 aromatic heterocycles.